The lowest BCUT2D eigenvalue weighted by Crippen LogP contribution is -2.09. The molecule has 0 amide bonds. The summed E-state index contributed by atoms with van der Waals surface area (Å²) in [7, 11) is 1.47. The molecule has 0 fully saturated rings. The summed E-state index contributed by atoms with van der Waals surface area (Å²) < 4.78 is 15.7. The second-order valence-electron chi connectivity index (χ2n) is 6.64. The fourth-order valence-corrected chi connectivity index (χ4v) is 3.01. The highest BCUT2D eigenvalue weighted by Crippen LogP contribution is 2.27. The monoisotopic (exact) mass is 382 g/mol. The van der Waals surface area contributed by atoms with E-state index in [1.54, 1.807) is 18.2 Å². The van der Waals surface area contributed by atoms with Gasteiger partial charge in [0.15, 0.2) is 11.5 Å². The van der Waals surface area contributed by atoms with Crippen LogP contribution in [0.5, 0.6) is 11.5 Å². The highest BCUT2D eigenvalue weighted by atomic mass is 16.5. The number of ether oxygens (including phenoxy) is 2. The number of carbonyl (C=O) groups excluding carboxylic acids is 1. The Hall–Kier alpha value is -3.28. The first-order chi connectivity index (χ1) is 13.4. The standard InChI is InChI=1S/C22H22O6/c1-13-4-7-17-16(11-21(25)28-22(17)14(13)2)12-27-20(24)9-6-15-5-8-19(26-3)18(23)10-15/h4-5,7-8,10-11,23H,6,9,12H2,1-3H3. The van der Waals surface area contributed by atoms with Gasteiger partial charge in [-0.1, -0.05) is 18.2 Å². The van der Waals surface area contributed by atoms with Crippen LogP contribution in [-0.4, -0.2) is 18.2 Å². The number of aromatic hydroxyl groups is 1. The summed E-state index contributed by atoms with van der Waals surface area (Å²) >= 11 is 0. The van der Waals surface area contributed by atoms with Crippen LogP contribution in [0, 0.1) is 13.8 Å². The van der Waals surface area contributed by atoms with Gasteiger partial charge in [-0.2, -0.15) is 0 Å². The average molecular weight is 382 g/mol. The van der Waals surface area contributed by atoms with Gasteiger partial charge in [-0.05, 0) is 49.1 Å². The fraction of sp³-hybridized carbons (Fsp3) is 0.273. The van der Waals surface area contributed by atoms with Gasteiger partial charge in [0.1, 0.15) is 12.2 Å². The number of aryl methyl sites for hydroxylation is 3. The number of carbonyl (C=O) groups is 1. The Morgan fingerprint density at radius 2 is 1.93 bits per heavy atom. The molecule has 0 bridgehead atoms. The minimum absolute atomic E-state index is 0.00268. The van der Waals surface area contributed by atoms with Crippen LogP contribution in [-0.2, 0) is 22.6 Å². The first-order valence-electron chi connectivity index (χ1n) is 8.93. The second kappa shape index (κ2) is 8.17. The number of phenols is 1. The van der Waals surface area contributed by atoms with Crippen LogP contribution in [0.4, 0.5) is 0 Å². The number of hydrogen-bond acceptors (Lipinski definition) is 6. The summed E-state index contributed by atoms with van der Waals surface area (Å²) in [5, 5.41) is 10.6. The lowest BCUT2D eigenvalue weighted by atomic mass is 10.0. The van der Waals surface area contributed by atoms with Crippen LogP contribution in [0.2, 0.25) is 0 Å². The summed E-state index contributed by atoms with van der Waals surface area (Å²) in [6.07, 6.45) is 0.579. The van der Waals surface area contributed by atoms with E-state index in [1.807, 2.05) is 26.0 Å². The minimum Gasteiger partial charge on any atom is -0.504 e. The number of phenolic OH excluding ortho intramolecular Hbond substituents is 1. The first-order valence-corrected chi connectivity index (χ1v) is 8.93. The molecule has 0 aliphatic carbocycles. The molecule has 6 heteroatoms. The van der Waals surface area contributed by atoms with Gasteiger partial charge in [0.25, 0.3) is 0 Å². The molecule has 2 aromatic carbocycles. The zero-order chi connectivity index (χ0) is 20.3. The highest BCUT2D eigenvalue weighted by Gasteiger charge is 2.12. The third-order valence-corrected chi connectivity index (χ3v) is 4.77. The molecule has 1 N–H and O–H groups in total. The number of esters is 1. The maximum Gasteiger partial charge on any atom is 0.336 e. The quantitative estimate of drug-likeness (QED) is 0.515. The highest BCUT2D eigenvalue weighted by molar-refractivity contribution is 5.84. The number of methoxy groups -OCH3 is 1. The van der Waals surface area contributed by atoms with E-state index in [-0.39, 0.29) is 24.7 Å². The summed E-state index contributed by atoms with van der Waals surface area (Å²) in [4.78, 5) is 24.0. The van der Waals surface area contributed by atoms with E-state index in [2.05, 4.69) is 0 Å². The molecule has 0 saturated heterocycles. The Labute approximate surface area is 162 Å². The lowest BCUT2D eigenvalue weighted by molar-refractivity contribution is -0.144. The zero-order valence-corrected chi connectivity index (χ0v) is 16.1. The van der Waals surface area contributed by atoms with Crippen molar-refractivity contribution in [3.63, 3.8) is 0 Å². The third kappa shape index (κ3) is 4.17. The minimum atomic E-state index is -0.471. The van der Waals surface area contributed by atoms with Crippen molar-refractivity contribution in [2.24, 2.45) is 0 Å². The maximum atomic E-state index is 12.1. The van der Waals surface area contributed by atoms with E-state index >= 15 is 0 Å². The van der Waals surface area contributed by atoms with Crippen molar-refractivity contribution in [2.75, 3.05) is 7.11 Å². The van der Waals surface area contributed by atoms with Crippen LogP contribution < -0.4 is 10.4 Å². The molecule has 146 valence electrons. The van der Waals surface area contributed by atoms with E-state index in [4.69, 9.17) is 13.9 Å². The van der Waals surface area contributed by atoms with Gasteiger partial charge in [-0.3, -0.25) is 4.79 Å². The van der Waals surface area contributed by atoms with Crippen LogP contribution >= 0.6 is 0 Å². The maximum absolute atomic E-state index is 12.1. The van der Waals surface area contributed by atoms with Gasteiger partial charge in [0.05, 0.1) is 7.11 Å². The van der Waals surface area contributed by atoms with E-state index in [0.717, 1.165) is 22.1 Å². The van der Waals surface area contributed by atoms with Gasteiger partial charge in [0.2, 0.25) is 0 Å². The van der Waals surface area contributed by atoms with Crippen LogP contribution in [0.25, 0.3) is 11.0 Å². The van der Waals surface area contributed by atoms with Crippen molar-refractivity contribution in [1.29, 1.82) is 0 Å². The van der Waals surface area contributed by atoms with Crippen molar-refractivity contribution >= 4 is 16.9 Å². The van der Waals surface area contributed by atoms with Gasteiger partial charge < -0.3 is 19.0 Å². The average Bonchev–Trinajstić information content (AvgIpc) is 2.67. The van der Waals surface area contributed by atoms with Crippen LogP contribution in [0.3, 0.4) is 0 Å². The molecule has 0 unspecified atom stereocenters. The number of fused-ring (bicyclic) bond motifs is 1. The molecule has 0 atom stereocenters. The molecule has 1 heterocycles. The van der Waals surface area contributed by atoms with Crippen molar-refractivity contribution in [3.05, 3.63) is 69.1 Å². The molecule has 0 radical (unpaired) electrons. The fourth-order valence-electron chi connectivity index (χ4n) is 3.01. The van der Waals surface area contributed by atoms with Gasteiger partial charge in [0, 0.05) is 23.4 Å². The molecule has 0 saturated carbocycles. The molecule has 3 aromatic rings. The Balaban J connectivity index is 1.67. The van der Waals surface area contributed by atoms with E-state index < -0.39 is 5.63 Å². The van der Waals surface area contributed by atoms with Gasteiger partial charge >= 0.3 is 11.6 Å². The first kappa shape index (κ1) is 19.5. The lowest BCUT2D eigenvalue weighted by Gasteiger charge is -2.10. The van der Waals surface area contributed by atoms with E-state index in [1.165, 1.54) is 13.2 Å². The third-order valence-electron chi connectivity index (χ3n) is 4.77. The van der Waals surface area contributed by atoms with Crippen LogP contribution in [0.15, 0.2) is 45.6 Å². The van der Waals surface area contributed by atoms with Crippen molar-refractivity contribution in [2.45, 2.75) is 33.3 Å². The zero-order valence-electron chi connectivity index (χ0n) is 16.1. The predicted octanol–water partition coefficient (Wildman–Crippen LogP) is 3.80. The summed E-state index contributed by atoms with van der Waals surface area (Å²) in [5.41, 5.74) is 3.37. The summed E-state index contributed by atoms with van der Waals surface area (Å²) in [5.74, 6) is 0.0219. The SMILES string of the molecule is COc1ccc(CCC(=O)OCc2cc(=O)oc3c(C)c(C)ccc23)cc1O. The normalized spacial score (nSPS) is 10.8. The van der Waals surface area contributed by atoms with E-state index in [9.17, 15) is 14.7 Å². The molecule has 28 heavy (non-hydrogen) atoms. The molecule has 0 spiro atoms. The Bertz CT molecular complexity index is 1080. The largest absolute Gasteiger partial charge is 0.504 e. The molecule has 0 aliphatic rings. The topological polar surface area (TPSA) is 86.0 Å². The smallest absolute Gasteiger partial charge is 0.336 e. The van der Waals surface area contributed by atoms with Crippen molar-refractivity contribution < 1.29 is 23.8 Å². The number of benzene rings is 2. The molecule has 3 rings (SSSR count). The van der Waals surface area contributed by atoms with E-state index in [0.29, 0.717) is 23.3 Å². The Morgan fingerprint density at radius 3 is 2.64 bits per heavy atom. The van der Waals surface area contributed by atoms with Crippen molar-refractivity contribution in [3.8, 4) is 11.5 Å². The molecule has 0 aliphatic heterocycles. The molecule has 1 aromatic heterocycles. The van der Waals surface area contributed by atoms with Crippen LogP contribution in [0.1, 0.15) is 28.7 Å². The predicted molar refractivity (Wildman–Crippen MR) is 105 cm³/mol. The molecular formula is C22H22O6. The van der Waals surface area contributed by atoms with Crippen molar-refractivity contribution in [1.82, 2.24) is 0 Å². The number of hydrogen-bond donors (Lipinski definition) is 1. The number of rotatable bonds is 6. The van der Waals surface area contributed by atoms with Gasteiger partial charge in [-0.25, -0.2) is 4.79 Å². The van der Waals surface area contributed by atoms with Gasteiger partial charge in [-0.15, -0.1) is 0 Å². The Morgan fingerprint density at radius 1 is 1.14 bits per heavy atom. The molecule has 6 nitrogen and oxygen atoms in total. The molecular weight excluding hydrogens is 360 g/mol. The Kier molecular flexibility index (Phi) is 5.68. The summed E-state index contributed by atoms with van der Waals surface area (Å²) in [6, 6.07) is 10.2. The second-order valence-corrected chi connectivity index (χ2v) is 6.64. The summed E-state index contributed by atoms with van der Waals surface area (Å²) in [6.45, 7) is 3.83.